The van der Waals surface area contributed by atoms with Gasteiger partial charge in [-0.3, -0.25) is 14.4 Å². The Morgan fingerprint density at radius 2 is 2.15 bits per heavy atom. The van der Waals surface area contributed by atoms with Crippen molar-refractivity contribution in [2.75, 3.05) is 20.6 Å². The molecule has 26 heavy (non-hydrogen) atoms. The van der Waals surface area contributed by atoms with Gasteiger partial charge in [0.15, 0.2) is 0 Å². The van der Waals surface area contributed by atoms with E-state index in [1.807, 2.05) is 10.7 Å². The fraction of sp³-hybridized carbons (Fsp3) is 0.444. The van der Waals surface area contributed by atoms with Gasteiger partial charge in [0.25, 0.3) is 0 Å². The topological polar surface area (TPSA) is 61.6 Å². The lowest BCUT2D eigenvalue weighted by Gasteiger charge is -2.27. The number of aliphatic hydroxyl groups excluding tert-OH is 1. The second kappa shape index (κ2) is 7.73. The molecule has 8 heteroatoms. The largest absolute Gasteiger partial charge is 0.386 e. The molecule has 140 valence electrons. The first-order valence-electron chi connectivity index (χ1n) is 8.44. The van der Waals surface area contributed by atoms with E-state index in [4.69, 9.17) is 11.6 Å². The molecule has 3 rings (SSSR count). The molecule has 0 unspecified atom stereocenters. The third-order valence-corrected chi connectivity index (χ3v) is 4.75. The molecular formula is C18H22ClFN4O2. The molecule has 1 N–H and O–H groups in total. The zero-order chi connectivity index (χ0) is 18.8. The van der Waals surface area contributed by atoms with Crippen LogP contribution in [0.2, 0.25) is 5.02 Å². The minimum Gasteiger partial charge on any atom is -0.386 e. The third-order valence-electron chi connectivity index (χ3n) is 4.51. The van der Waals surface area contributed by atoms with Crippen molar-refractivity contribution >= 4 is 17.5 Å². The zero-order valence-electron chi connectivity index (χ0n) is 14.8. The number of amides is 1. The minimum atomic E-state index is -0.926. The number of aromatic nitrogens is 2. The van der Waals surface area contributed by atoms with Crippen LogP contribution in [0.25, 0.3) is 0 Å². The zero-order valence-corrected chi connectivity index (χ0v) is 15.6. The number of fused-ring (bicyclic) bond motifs is 1. The van der Waals surface area contributed by atoms with Crippen LogP contribution in [0.4, 0.5) is 4.39 Å². The van der Waals surface area contributed by atoms with Gasteiger partial charge >= 0.3 is 0 Å². The highest BCUT2D eigenvalue weighted by Gasteiger charge is 2.23. The van der Waals surface area contributed by atoms with Crippen LogP contribution < -0.4 is 0 Å². The van der Waals surface area contributed by atoms with E-state index in [-0.39, 0.29) is 18.1 Å². The van der Waals surface area contributed by atoms with Gasteiger partial charge in [-0.15, -0.1) is 0 Å². The van der Waals surface area contributed by atoms with Gasteiger partial charge in [-0.1, -0.05) is 17.7 Å². The predicted octanol–water partition coefficient (Wildman–Crippen LogP) is 2.20. The van der Waals surface area contributed by atoms with E-state index in [2.05, 4.69) is 10.00 Å². The van der Waals surface area contributed by atoms with Crippen molar-refractivity contribution in [3.63, 3.8) is 0 Å². The van der Waals surface area contributed by atoms with Gasteiger partial charge in [-0.2, -0.15) is 5.10 Å². The summed E-state index contributed by atoms with van der Waals surface area (Å²) in [6, 6.07) is 6.52. The number of halogens is 2. The number of nitrogens with zero attached hydrogens (tertiary/aromatic N) is 4. The lowest BCUT2D eigenvalue weighted by atomic mass is 10.1. The molecular weight excluding hydrogens is 359 g/mol. The summed E-state index contributed by atoms with van der Waals surface area (Å²) in [5.74, 6) is -0.460. The van der Waals surface area contributed by atoms with Crippen molar-refractivity contribution in [1.82, 2.24) is 19.6 Å². The maximum Gasteiger partial charge on any atom is 0.225 e. The average molecular weight is 381 g/mol. The quantitative estimate of drug-likeness (QED) is 0.863. The normalized spacial score (nSPS) is 15.6. The first-order valence-corrected chi connectivity index (χ1v) is 8.82. The summed E-state index contributed by atoms with van der Waals surface area (Å²) in [6.07, 6.45) is -0.923. The van der Waals surface area contributed by atoms with Crippen LogP contribution in [0, 0.1) is 5.82 Å². The van der Waals surface area contributed by atoms with Crippen LogP contribution in [-0.4, -0.2) is 51.2 Å². The summed E-state index contributed by atoms with van der Waals surface area (Å²) in [4.78, 5) is 15.3. The summed E-state index contributed by atoms with van der Waals surface area (Å²) in [6.45, 7) is 2.45. The Morgan fingerprint density at radius 3 is 2.85 bits per heavy atom. The van der Waals surface area contributed by atoms with Crippen molar-refractivity contribution < 1.29 is 14.3 Å². The number of rotatable bonds is 5. The van der Waals surface area contributed by atoms with Gasteiger partial charge in [0, 0.05) is 44.3 Å². The van der Waals surface area contributed by atoms with Gasteiger partial charge in [0.2, 0.25) is 5.91 Å². The van der Waals surface area contributed by atoms with E-state index >= 15 is 0 Å². The summed E-state index contributed by atoms with van der Waals surface area (Å²) in [7, 11) is 3.31. The average Bonchev–Trinajstić information content (AvgIpc) is 3.00. The lowest BCUT2D eigenvalue weighted by Crippen LogP contribution is -2.33. The highest BCUT2D eigenvalue weighted by atomic mass is 35.5. The SMILES string of the molecule is CN(C)C(=O)C[C@@H](O)c1cc2n(n1)CCN(Cc1ccc(Cl)cc1F)C2. The molecule has 0 fully saturated rings. The molecule has 1 aliphatic heterocycles. The number of carbonyl (C=O) groups excluding carboxylic acids is 1. The molecule has 1 atom stereocenters. The van der Waals surface area contributed by atoms with Crippen LogP contribution in [0.15, 0.2) is 24.3 Å². The molecule has 2 heterocycles. The van der Waals surface area contributed by atoms with Crippen LogP contribution in [0.5, 0.6) is 0 Å². The Balaban J connectivity index is 1.67. The Labute approximate surface area is 156 Å². The molecule has 0 aliphatic carbocycles. The Bertz CT molecular complexity index is 808. The number of hydrogen-bond acceptors (Lipinski definition) is 4. The second-order valence-electron chi connectivity index (χ2n) is 6.74. The molecule has 6 nitrogen and oxygen atoms in total. The van der Waals surface area contributed by atoms with Crippen molar-refractivity contribution in [3.8, 4) is 0 Å². The molecule has 1 aromatic heterocycles. The van der Waals surface area contributed by atoms with Gasteiger partial charge in [0.1, 0.15) is 11.9 Å². The van der Waals surface area contributed by atoms with Gasteiger partial charge in [-0.25, -0.2) is 4.39 Å². The predicted molar refractivity (Wildman–Crippen MR) is 96.0 cm³/mol. The first-order chi connectivity index (χ1) is 12.3. The van der Waals surface area contributed by atoms with Crippen LogP contribution in [-0.2, 0) is 24.4 Å². The fourth-order valence-corrected chi connectivity index (χ4v) is 3.14. The van der Waals surface area contributed by atoms with E-state index < -0.39 is 6.10 Å². The smallest absolute Gasteiger partial charge is 0.225 e. The summed E-state index contributed by atoms with van der Waals surface area (Å²) >= 11 is 5.80. The monoisotopic (exact) mass is 380 g/mol. The van der Waals surface area contributed by atoms with Crippen molar-refractivity contribution in [2.24, 2.45) is 0 Å². The van der Waals surface area contributed by atoms with Crippen LogP contribution in [0.1, 0.15) is 29.5 Å². The van der Waals surface area contributed by atoms with Gasteiger partial charge in [0.05, 0.1) is 24.4 Å². The Hall–Kier alpha value is -1.96. The molecule has 0 saturated heterocycles. The van der Waals surface area contributed by atoms with Crippen molar-refractivity contribution in [2.45, 2.75) is 32.2 Å². The third kappa shape index (κ3) is 4.23. The molecule has 0 spiro atoms. The molecule has 1 aromatic carbocycles. The summed E-state index contributed by atoms with van der Waals surface area (Å²) < 4.78 is 15.8. The van der Waals surface area contributed by atoms with E-state index in [0.29, 0.717) is 35.9 Å². The van der Waals surface area contributed by atoms with E-state index in [1.165, 1.54) is 11.0 Å². The minimum absolute atomic E-state index is 0.00313. The van der Waals surface area contributed by atoms with E-state index in [9.17, 15) is 14.3 Å². The van der Waals surface area contributed by atoms with Crippen LogP contribution in [0.3, 0.4) is 0 Å². The molecule has 1 aliphatic rings. The molecule has 2 aromatic rings. The van der Waals surface area contributed by atoms with Crippen LogP contribution >= 0.6 is 11.6 Å². The van der Waals surface area contributed by atoms with E-state index in [0.717, 1.165) is 12.2 Å². The van der Waals surface area contributed by atoms with Crippen molar-refractivity contribution in [1.29, 1.82) is 0 Å². The maximum atomic E-state index is 14.0. The Kier molecular flexibility index (Phi) is 5.60. The standard InChI is InChI=1S/C18H22ClFN4O2/c1-22(2)18(26)9-17(25)16-8-14-11-23(5-6-24(14)21-16)10-12-3-4-13(19)7-15(12)20/h3-4,7-8,17,25H,5-6,9-11H2,1-2H3/t17-/m1/s1. The highest BCUT2D eigenvalue weighted by molar-refractivity contribution is 6.30. The maximum absolute atomic E-state index is 14.0. The highest BCUT2D eigenvalue weighted by Crippen LogP contribution is 2.23. The molecule has 0 saturated carbocycles. The Morgan fingerprint density at radius 1 is 1.38 bits per heavy atom. The second-order valence-corrected chi connectivity index (χ2v) is 7.17. The molecule has 1 amide bonds. The number of benzene rings is 1. The molecule has 0 bridgehead atoms. The molecule has 0 radical (unpaired) electrons. The van der Waals surface area contributed by atoms with E-state index in [1.54, 1.807) is 26.2 Å². The number of hydrogen-bond donors (Lipinski definition) is 1. The number of carbonyl (C=O) groups is 1. The fourth-order valence-electron chi connectivity index (χ4n) is 2.98. The van der Waals surface area contributed by atoms with Gasteiger partial charge < -0.3 is 10.0 Å². The summed E-state index contributed by atoms with van der Waals surface area (Å²) in [5.41, 5.74) is 2.03. The first kappa shape index (κ1) is 18.8. The summed E-state index contributed by atoms with van der Waals surface area (Å²) in [5, 5.41) is 15.0. The number of aliphatic hydroxyl groups is 1. The lowest BCUT2D eigenvalue weighted by molar-refractivity contribution is -0.130. The van der Waals surface area contributed by atoms with Gasteiger partial charge in [-0.05, 0) is 18.2 Å². The van der Waals surface area contributed by atoms with Crippen molar-refractivity contribution in [3.05, 3.63) is 52.1 Å².